The van der Waals surface area contributed by atoms with Gasteiger partial charge in [0.05, 0.1) is 9.09 Å². The molecule has 3 rings (SSSR count). The fourth-order valence-corrected chi connectivity index (χ4v) is 3.32. The second-order valence-electron chi connectivity index (χ2n) is 4.67. The lowest BCUT2D eigenvalue weighted by molar-refractivity contribution is -0.141. The zero-order valence-electron chi connectivity index (χ0n) is 11.0. The van der Waals surface area contributed by atoms with Crippen molar-refractivity contribution in [1.29, 1.82) is 0 Å². The van der Waals surface area contributed by atoms with Crippen molar-refractivity contribution in [3.05, 3.63) is 63.6 Å². The van der Waals surface area contributed by atoms with Crippen molar-refractivity contribution in [2.75, 3.05) is 0 Å². The van der Waals surface area contributed by atoms with Crippen LogP contribution in [0, 0.1) is 9.39 Å². The lowest BCUT2D eigenvalue weighted by Gasteiger charge is -2.15. The highest BCUT2D eigenvalue weighted by molar-refractivity contribution is 14.1. The van der Waals surface area contributed by atoms with E-state index in [0.717, 1.165) is 6.07 Å². The molecule has 0 bridgehead atoms. The molecule has 1 aromatic heterocycles. The number of fused-ring (bicyclic) bond motifs is 1. The Hall–Kier alpha value is -1.70. The maximum atomic E-state index is 13.5. The summed E-state index contributed by atoms with van der Waals surface area (Å²) in [5, 5.41) is 0.364. The highest BCUT2D eigenvalue weighted by Gasteiger charge is 2.36. The molecule has 0 unspecified atom stereocenters. The molecule has 0 aliphatic carbocycles. The van der Waals surface area contributed by atoms with Gasteiger partial charge in [-0.05, 0) is 46.4 Å². The molecule has 2 aromatic carbocycles. The zero-order chi connectivity index (χ0) is 15.9. The Morgan fingerprint density at radius 1 is 0.955 bits per heavy atom. The molecule has 0 spiro atoms. The van der Waals surface area contributed by atoms with Gasteiger partial charge in [0.25, 0.3) is 0 Å². The molecule has 112 valence electrons. The molecule has 3 aromatic rings. The van der Waals surface area contributed by atoms with Gasteiger partial charge in [-0.25, -0.2) is 9.37 Å². The smallest absolute Gasteiger partial charge is 0.242 e. The molecular weight excluding hydrogens is 409 g/mol. The molecule has 0 fully saturated rings. The topological polar surface area (TPSA) is 12.9 Å². The third kappa shape index (κ3) is 2.67. The lowest BCUT2D eigenvalue weighted by Crippen LogP contribution is -2.12. The van der Waals surface area contributed by atoms with Crippen molar-refractivity contribution in [2.24, 2.45) is 0 Å². The lowest BCUT2D eigenvalue weighted by atomic mass is 10.00. The van der Waals surface area contributed by atoms with Gasteiger partial charge in [0.15, 0.2) is 5.69 Å². The molecule has 1 nitrogen and oxygen atoms in total. The van der Waals surface area contributed by atoms with Gasteiger partial charge in [-0.1, -0.05) is 30.3 Å². The van der Waals surface area contributed by atoms with Gasteiger partial charge >= 0.3 is 6.18 Å². The summed E-state index contributed by atoms with van der Waals surface area (Å²) >= 11 is 1.62. The van der Waals surface area contributed by atoms with Crippen LogP contribution in [0.3, 0.4) is 0 Å². The second kappa shape index (κ2) is 5.49. The van der Waals surface area contributed by atoms with Crippen molar-refractivity contribution in [1.82, 2.24) is 4.98 Å². The number of halogens is 5. The molecule has 0 aliphatic rings. The largest absolute Gasteiger partial charge is 0.434 e. The first-order valence-corrected chi connectivity index (χ1v) is 7.37. The average molecular weight is 417 g/mol. The number of benzene rings is 2. The van der Waals surface area contributed by atoms with Crippen LogP contribution in [0.2, 0.25) is 0 Å². The van der Waals surface area contributed by atoms with Crippen molar-refractivity contribution in [2.45, 2.75) is 6.18 Å². The van der Waals surface area contributed by atoms with Gasteiger partial charge in [0, 0.05) is 10.9 Å². The Bertz CT molecular complexity index is 844. The van der Waals surface area contributed by atoms with Gasteiger partial charge in [0.2, 0.25) is 0 Å². The summed E-state index contributed by atoms with van der Waals surface area (Å²) in [4.78, 5) is 3.67. The molecule has 0 radical (unpaired) electrons. The van der Waals surface area contributed by atoms with Crippen LogP contribution in [0.15, 0.2) is 48.5 Å². The maximum Gasteiger partial charge on any atom is 0.434 e. The van der Waals surface area contributed by atoms with Crippen LogP contribution in [-0.4, -0.2) is 4.98 Å². The van der Waals surface area contributed by atoms with Gasteiger partial charge in [-0.2, -0.15) is 13.2 Å². The average Bonchev–Trinajstić information content (AvgIpc) is 2.46. The predicted molar refractivity (Wildman–Crippen MR) is 84.9 cm³/mol. The van der Waals surface area contributed by atoms with Gasteiger partial charge in [-0.15, -0.1) is 0 Å². The molecule has 0 saturated carbocycles. The summed E-state index contributed by atoms with van der Waals surface area (Å²) in [6, 6.07) is 12.2. The summed E-state index contributed by atoms with van der Waals surface area (Å²) in [6.45, 7) is 0. The molecule has 0 amide bonds. The van der Waals surface area contributed by atoms with E-state index in [9.17, 15) is 17.6 Å². The first kappa shape index (κ1) is 15.2. The highest BCUT2D eigenvalue weighted by Crippen LogP contribution is 2.40. The molecular formula is C16H8F4IN. The van der Waals surface area contributed by atoms with Crippen molar-refractivity contribution >= 4 is 33.5 Å². The summed E-state index contributed by atoms with van der Waals surface area (Å²) in [5.41, 5.74) is 0.104. The SMILES string of the molecule is Fc1ccc2nc(C(F)(F)F)c(I)c(-c3ccccc3)c2c1. The van der Waals surface area contributed by atoms with E-state index < -0.39 is 17.7 Å². The van der Waals surface area contributed by atoms with Gasteiger partial charge in [0.1, 0.15) is 5.82 Å². The van der Waals surface area contributed by atoms with E-state index in [1.54, 1.807) is 52.9 Å². The standard InChI is InChI=1S/C16H8F4IN/c17-10-6-7-12-11(8-10)13(9-4-2-1-3-5-9)14(21)15(22-12)16(18,19)20/h1-8H. The number of alkyl halides is 3. The first-order valence-electron chi connectivity index (χ1n) is 6.29. The van der Waals surface area contributed by atoms with Crippen LogP contribution < -0.4 is 0 Å². The fraction of sp³-hybridized carbons (Fsp3) is 0.0625. The molecule has 0 aliphatic heterocycles. The Morgan fingerprint density at radius 3 is 2.27 bits per heavy atom. The minimum absolute atomic E-state index is 0.0330. The zero-order valence-corrected chi connectivity index (χ0v) is 13.1. The van der Waals surface area contributed by atoms with E-state index in [2.05, 4.69) is 4.98 Å². The van der Waals surface area contributed by atoms with E-state index in [-0.39, 0.29) is 9.09 Å². The summed E-state index contributed by atoms with van der Waals surface area (Å²) in [5.74, 6) is -0.512. The van der Waals surface area contributed by atoms with E-state index in [0.29, 0.717) is 16.5 Å². The normalized spacial score (nSPS) is 11.9. The van der Waals surface area contributed by atoms with Crippen molar-refractivity contribution in [3.8, 4) is 11.1 Å². The van der Waals surface area contributed by atoms with E-state index in [4.69, 9.17) is 0 Å². The van der Waals surface area contributed by atoms with Crippen LogP contribution in [0.4, 0.5) is 17.6 Å². The molecule has 6 heteroatoms. The summed E-state index contributed by atoms with van der Waals surface area (Å²) in [6.07, 6.45) is -4.57. The second-order valence-corrected chi connectivity index (χ2v) is 5.75. The molecule has 1 heterocycles. The number of nitrogens with zero attached hydrogens (tertiary/aromatic N) is 1. The Morgan fingerprint density at radius 2 is 1.64 bits per heavy atom. The minimum atomic E-state index is -4.57. The predicted octanol–water partition coefficient (Wildman–Crippen LogP) is 5.66. The molecule has 22 heavy (non-hydrogen) atoms. The van der Waals surface area contributed by atoms with Crippen molar-refractivity contribution in [3.63, 3.8) is 0 Å². The van der Waals surface area contributed by atoms with Gasteiger partial charge < -0.3 is 0 Å². The summed E-state index contributed by atoms with van der Waals surface area (Å²) < 4.78 is 53.1. The fourth-order valence-electron chi connectivity index (χ4n) is 2.29. The van der Waals surface area contributed by atoms with Crippen LogP contribution in [0.25, 0.3) is 22.0 Å². The molecule has 0 N–H and O–H groups in total. The quantitative estimate of drug-likeness (QED) is 0.368. The monoisotopic (exact) mass is 417 g/mol. The Balaban J connectivity index is 2.46. The van der Waals surface area contributed by atoms with Crippen LogP contribution in [0.5, 0.6) is 0 Å². The molecule has 0 saturated heterocycles. The molecule has 0 atom stereocenters. The maximum absolute atomic E-state index is 13.5. The van der Waals surface area contributed by atoms with E-state index in [1.165, 1.54) is 12.1 Å². The highest BCUT2D eigenvalue weighted by atomic mass is 127. The van der Waals surface area contributed by atoms with Crippen LogP contribution in [0.1, 0.15) is 5.69 Å². The van der Waals surface area contributed by atoms with Crippen molar-refractivity contribution < 1.29 is 17.6 Å². The van der Waals surface area contributed by atoms with Gasteiger partial charge in [-0.3, -0.25) is 0 Å². The third-order valence-electron chi connectivity index (χ3n) is 3.22. The third-order valence-corrected chi connectivity index (χ3v) is 4.27. The number of pyridine rings is 1. The Labute approximate surface area is 137 Å². The summed E-state index contributed by atoms with van der Waals surface area (Å²) in [7, 11) is 0. The first-order chi connectivity index (χ1) is 10.4. The number of hydrogen-bond donors (Lipinski definition) is 0. The van der Waals surface area contributed by atoms with E-state index >= 15 is 0 Å². The van der Waals surface area contributed by atoms with Crippen LogP contribution >= 0.6 is 22.6 Å². The van der Waals surface area contributed by atoms with E-state index in [1.807, 2.05) is 0 Å². The van der Waals surface area contributed by atoms with Crippen LogP contribution in [-0.2, 0) is 6.18 Å². The minimum Gasteiger partial charge on any atom is -0.242 e. The number of aromatic nitrogens is 1. The number of rotatable bonds is 1. The Kier molecular flexibility index (Phi) is 3.80. The number of hydrogen-bond acceptors (Lipinski definition) is 1.